The lowest BCUT2D eigenvalue weighted by molar-refractivity contribution is -0.113. The second kappa shape index (κ2) is 7.62. The molecule has 0 aliphatic heterocycles. The van der Waals surface area contributed by atoms with E-state index in [4.69, 9.17) is 11.6 Å². The lowest BCUT2D eigenvalue weighted by atomic mass is 10.4. The summed E-state index contributed by atoms with van der Waals surface area (Å²) in [7, 11) is 1.31. The molecule has 8 heteroatoms. The number of thioether (sulfide) groups is 1. The Morgan fingerprint density at radius 2 is 2.05 bits per heavy atom. The van der Waals surface area contributed by atoms with Crippen LogP contribution in [0.4, 0.5) is 5.13 Å². The summed E-state index contributed by atoms with van der Waals surface area (Å²) < 4.78 is 4.65. The van der Waals surface area contributed by atoms with Crippen LogP contribution in [0.15, 0.2) is 29.2 Å². The van der Waals surface area contributed by atoms with Gasteiger partial charge in [0, 0.05) is 9.92 Å². The van der Waals surface area contributed by atoms with Crippen molar-refractivity contribution in [2.24, 2.45) is 0 Å². The van der Waals surface area contributed by atoms with Gasteiger partial charge < -0.3 is 10.1 Å². The van der Waals surface area contributed by atoms with Crippen molar-refractivity contribution in [2.75, 3.05) is 18.2 Å². The van der Waals surface area contributed by atoms with E-state index < -0.39 is 5.97 Å². The molecule has 0 saturated carbocycles. The summed E-state index contributed by atoms with van der Waals surface area (Å²) in [5, 5.41) is 3.72. The van der Waals surface area contributed by atoms with Gasteiger partial charge in [-0.25, -0.2) is 9.78 Å². The molecule has 116 valence electrons. The van der Waals surface area contributed by atoms with Crippen molar-refractivity contribution < 1.29 is 14.3 Å². The highest BCUT2D eigenvalue weighted by Crippen LogP contribution is 2.24. The van der Waals surface area contributed by atoms with Gasteiger partial charge in [0.15, 0.2) is 5.13 Å². The molecule has 0 aliphatic rings. The minimum absolute atomic E-state index is 0.190. The fourth-order valence-corrected chi connectivity index (χ4v) is 3.29. The van der Waals surface area contributed by atoms with Gasteiger partial charge in [0.1, 0.15) is 4.88 Å². The van der Waals surface area contributed by atoms with Gasteiger partial charge in [-0.1, -0.05) is 22.9 Å². The number of esters is 1. The van der Waals surface area contributed by atoms with Crippen molar-refractivity contribution in [1.29, 1.82) is 0 Å². The van der Waals surface area contributed by atoms with E-state index in [1.54, 1.807) is 19.1 Å². The Labute approximate surface area is 141 Å². The molecule has 0 aliphatic carbocycles. The molecule has 5 nitrogen and oxygen atoms in total. The largest absolute Gasteiger partial charge is 0.465 e. The molecule has 0 saturated heterocycles. The van der Waals surface area contributed by atoms with Gasteiger partial charge >= 0.3 is 5.97 Å². The number of nitrogens with zero attached hydrogens (tertiary/aromatic N) is 1. The van der Waals surface area contributed by atoms with Crippen LogP contribution in [0.25, 0.3) is 0 Å². The second-order valence-electron chi connectivity index (χ2n) is 4.22. The molecule has 1 aromatic heterocycles. The van der Waals surface area contributed by atoms with Gasteiger partial charge in [-0.15, -0.1) is 11.8 Å². The van der Waals surface area contributed by atoms with Gasteiger partial charge in [-0.2, -0.15) is 0 Å². The number of anilines is 1. The van der Waals surface area contributed by atoms with Crippen LogP contribution >= 0.6 is 34.7 Å². The molecule has 2 rings (SSSR count). The van der Waals surface area contributed by atoms with E-state index in [-0.39, 0.29) is 11.7 Å². The summed E-state index contributed by atoms with van der Waals surface area (Å²) in [6.07, 6.45) is 0. The van der Waals surface area contributed by atoms with Crippen molar-refractivity contribution in [2.45, 2.75) is 11.8 Å². The van der Waals surface area contributed by atoms with Crippen LogP contribution in [0, 0.1) is 6.92 Å². The maximum Gasteiger partial charge on any atom is 0.350 e. The number of thiazole rings is 1. The van der Waals surface area contributed by atoms with Crippen molar-refractivity contribution >= 4 is 51.7 Å². The third-order valence-corrected chi connectivity index (χ3v) is 4.91. The molecular weight excluding hydrogens is 344 g/mol. The number of nitrogens with one attached hydrogen (secondary N) is 1. The number of hydrogen-bond donors (Lipinski definition) is 1. The van der Waals surface area contributed by atoms with Gasteiger partial charge in [-0.3, -0.25) is 4.79 Å². The number of aryl methyl sites for hydroxylation is 1. The number of halogens is 1. The van der Waals surface area contributed by atoms with Crippen molar-refractivity contribution in [3.05, 3.63) is 39.9 Å². The summed E-state index contributed by atoms with van der Waals surface area (Å²) >= 11 is 8.30. The van der Waals surface area contributed by atoms with E-state index in [1.807, 2.05) is 12.1 Å². The van der Waals surface area contributed by atoms with Crippen LogP contribution < -0.4 is 5.32 Å². The zero-order chi connectivity index (χ0) is 16.1. The molecule has 0 spiro atoms. The zero-order valence-corrected chi connectivity index (χ0v) is 14.3. The van der Waals surface area contributed by atoms with E-state index >= 15 is 0 Å². The normalized spacial score (nSPS) is 10.3. The standard InChI is InChI=1S/C14H13ClN2O3S2/c1-8-12(13(19)20-2)22-14(16-8)17-11(18)7-21-10-5-3-9(15)4-6-10/h3-6H,7H2,1-2H3,(H,16,17,18). The Hall–Kier alpha value is -1.57. The number of rotatable bonds is 5. The SMILES string of the molecule is COC(=O)c1sc(NC(=O)CSc2ccc(Cl)cc2)nc1C. The van der Waals surface area contributed by atoms with E-state index in [9.17, 15) is 9.59 Å². The Bertz CT molecular complexity index is 686. The minimum Gasteiger partial charge on any atom is -0.465 e. The first-order chi connectivity index (χ1) is 10.5. The predicted molar refractivity (Wildman–Crippen MR) is 89.0 cm³/mol. The second-order valence-corrected chi connectivity index (χ2v) is 6.70. The molecule has 0 radical (unpaired) electrons. The van der Waals surface area contributed by atoms with Gasteiger partial charge in [0.25, 0.3) is 0 Å². The molecule has 1 heterocycles. The molecule has 1 N–H and O–H groups in total. The van der Waals surface area contributed by atoms with Crippen LogP contribution in [0.2, 0.25) is 5.02 Å². The van der Waals surface area contributed by atoms with Crippen molar-refractivity contribution in [1.82, 2.24) is 4.98 Å². The number of hydrogen-bond acceptors (Lipinski definition) is 6. The zero-order valence-electron chi connectivity index (χ0n) is 11.9. The Balaban J connectivity index is 1.92. The number of carbonyl (C=O) groups is 2. The third kappa shape index (κ3) is 4.46. The number of ether oxygens (including phenoxy) is 1. The van der Waals surface area contributed by atoms with E-state index in [0.717, 1.165) is 16.2 Å². The summed E-state index contributed by atoms with van der Waals surface area (Å²) in [4.78, 5) is 28.9. The lowest BCUT2D eigenvalue weighted by Crippen LogP contribution is -2.13. The van der Waals surface area contributed by atoms with E-state index in [1.165, 1.54) is 18.9 Å². The van der Waals surface area contributed by atoms with Crippen molar-refractivity contribution in [3.63, 3.8) is 0 Å². The Kier molecular flexibility index (Phi) is 5.82. The average Bonchev–Trinajstić information content (AvgIpc) is 2.86. The molecular formula is C14H13ClN2O3S2. The quantitative estimate of drug-likeness (QED) is 0.654. The molecule has 2 aromatic rings. The van der Waals surface area contributed by atoms with Crippen LogP contribution in [0.3, 0.4) is 0 Å². The number of aromatic nitrogens is 1. The van der Waals surface area contributed by atoms with Crippen LogP contribution in [0.5, 0.6) is 0 Å². The maximum absolute atomic E-state index is 11.9. The first kappa shape index (κ1) is 16.8. The Morgan fingerprint density at radius 1 is 1.36 bits per heavy atom. The highest BCUT2D eigenvalue weighted by Gasteiger charge is 2.16. The highest BCUT2D eigenvalue weighted by molar-refractivity contribution is 8.00. The third-order valence-electron chi connectivity index (χ3n) is 2.60. The first-order valence-corrected chi connectivity index (χ1v) is 8.41. The average molecular weight is 357 g/mol. The summed E-state index contributed by atoms with van der Waals surface area (Å²) in [5.41, 5.74) is 0.539. The van der Waals surface area contributed by atoms with Crippen LogP contribution in [-0.4, -0.2) is 29.7 Å². The van der Waals surface area contributed by atoms with Crippen molar-refractivity contribution in [3.8, 4) is 0 Å². The smallest absolute Gasteiger partial charge is 0.350 e. The van der Waals surface area contributed by atoms with Gasteiger partial charge in [0.2, 0.25) is 5.91 Å². The number of amides is 1. The fraction of sp³-hybridized carbons (Fsp3) is 0.214. The van der Waals surface area contributed by atoms with Gasteiger partial charge in [-0.05, 0) is 31.2 Å². The first-order valence-electron chi connectivity index (χ1n) is 6.23. The molecule has 22 heavy (non-hydrogen) atoms. The predicted octanol–water partition coefficient (Wildman–Crippen LogP) is 3.62. The number of methoxy groups -OCH3 is 1. The molecule has 1 amide bonds. The molecule has 0 fully saturated rings. The minimum atomic E-state index is -0.453. The fourth-order valence-electron chi connectivity index (χ4n) is 1.57. The number of benzene rings is 1. The maximum atomic E-state index is 11.9. The van der Waals surface area contributed by atoms with E-state index in [0.29, 0.717) is 20.7 Å². The summed E-state index contributed by atoms with van der Waals surface area (Å²) in [6.45, 7) is 1.70. The van der Waals surface area contributed by atoms with Gasteiger partial charge in [0.05, 0.1) is 18.6 Å². The summed E-state index contributed by atoms with van der Waals surface area (Å²) in [6, 6.07) is 7.25. The van der Waals surface area contributed by atoms with Crippen LogP contribution in [0.1, 0.15) is 15.4 Å². The number of carbonyl (C=O) groups excluding carboxylic acids is 2. The molecule has 0 bridgehead atoms. The molecule has 0 atom stereocenters. The topological polar surface area (TPSA) is 68.3 Å². The molecule has 1 aromatic carbocycles. The lowest BCUT2D eigenvalue weighted by Gasteiger charge is -2.02. The monoisotopic (exact) mass is 356 g/mol. The summed E-state index contributed by atoms with van der Waals surface area (Å²) in [5.74, 6) is -0.399. The van der Waals surface area contributed by atoms with Crippen LogP contribution in [-0.2, 0) is 9.53 Å². The Morgan fingerprint density at radius 3 is 2.68 bits per heavy atom. The van der Waals surface area contributed by atoms with E-state index in [2.05, 4.69) is 15.0 Å². The molecule has 0 unspecified atom stereocenters. The highest BCUT2D eigenvalue weighted by atomic mass is 35.5.